The van der Waals surface area contributed by atoms with Crippen molar-refractivity contribution >= 4 is 0 Å². The summed E-state index contributed by atoms with van der Waals surface area (Å²) in [6.07, 6.45) is 3.42. The molecule has 0 aromatic heterocycles. The first-order valence-electron chi connectivity index (χ1n) is 7.80. The SMILES string of the molecule is CCCNC(CC(C)CC(C)(C)C)c1ccc(F)cc1. The Bertz CT molecular complexity index is 377. The first-order chi connectivity index (χ1) is 9.31. The van der Waals surface area contributed by atoms with Gasteiger partial charge in [-0.25, -0.2) is 4.39 Å². The van der Waals surface area contributed by atoms with E-state index in [9.17, 15) is 4.39 Å². The molecule has 2 atom stereocenters. The van der Waals surface area contributed by atoms with Gasteiger partial charge in [-0.1, -0.05) is 46.8 Å². The largest absolute Gasteiger partial charge is 0.310 e. The highest BCUT2D eigenvalue weighted by Crippen LogP contribution is 2.30. The van der Waals surface area contributed by atoms with Crippen LogP contribution in [0.1, 0.15) is 65.5 Å². The van der Waals surface area contributed by atoms with Crippen LogP contribution in [0, 0.1) is 17.2 Å². The van der Waals surface area contributed by atoms with Gasteiger partial charge in [-0.2, -0.15) is 0 Å². The van der Waals surface area contributed by atoms with Gasteiger partial charge in [0.05, 0.1) is 0 Å². The van der Waals surface area contributed by atoms with E-state index in [1.54, 1.807) is 12.1 Å². The van der Waals surface area contributed by atoms with E-state index in [1.165, 1.54) is 12.0 Å². The van der Waals surface area contributed by atoms with Crippen molar-refractivity contribution in [1.82, 2.24) is 5.32 Å². The van der Waals surface area contributed by atoms with Crippen molar-refractivity contribution in [3.63, 3.8) is 0 Å². The highest BCUT2D eigenvalue weighted by atomic mass is 19.1. The third-order valence-electron chi connectivity index (χ3n) is 3.51. The summed E-state index contributed by atoms with van der Waals surface area (Å²) in [5, 5.41) is 3.60. The molecule has 0 bridgehead atoms. The van der Waals surface area contributed by atoms with Crippen molar-refractivity contribution in [3.05, 3.63) is 35.6 Å². The predicted octanol–water partition coefficient (Wildman–Crippen LogP) is 5.33. The lowest BCUT2D eigenvalue weighted by Crippen LogP contribution is -2.25. The minimum atomic E-state index is -0.161. The molecule has 114 valence electrons. The molecule has 1 nitrogen and oxygen atoms in total. The quantitative estimate of drug-likeness (QED) is 0.711. The Morgan fingerprint density at radius 3 is 2.25 bits per heavy atom. The summed E-state index contributed by atoms with van der Waals surface area (Å²) in [5.41, 5.74) is 1.55. The summed E-state index contributed by atoms with van der Waals surface area (Å²) in [6, 6.07) is 7.26. The molecule has 0 fully saturated rings. The van der Waals surface area contributed by atoms with Gasteiger partial charge in [0.25, 0.3) is 0 Å². The van der Waals surface area contributed by atoms with E-state index in [1.807, 2.05) is 12.1 Å². The molecule has 0 saturated carbocycles. The summed E-state index contributed by atoms with van der Waals surface area (Å²) in [6.45, 7) is 12.4. The highest BCUT2D eigenvalue weighted by molar-refractivity contribution is 5.20. The zero-order valence-electron chi connectivity index (χ0n) is 13.7. The molecule has 2 heteroatoms. The molecule has 0 aliphatic rings. The molecule has 0 aliphatic carbocycles. The average Bonchev–Trinajstić information content (AvgIpc) is 2.33. The van der Waals surface area contributed by atoms with Gasteiger partial charge in [-0.05, 0) is 54.8 Å². The first-order valence-corrected chi connectivity index (χ1v) is 7.80. The van der Waals surface area contributed by atoms with Crippen molar-refractivity contribution in [2.45, 2.75) is 59.9 Å². The second kappa shape index (κ2) is 7.78. The number of hydrogen-bond acceptors (Lipinski definition) is 1. The third kappa shape index (κ3) is 6.51. The number of hydrogen-bond donors (Lipinski definition) is 1. The van der Waals surface area contributed by atoms with Gasteiger partial charge in [0, 0.05) is 6.04 Å². The molecule has 0 heterocycles. The van der Waals surface area contributed by atoms with Gasteiger partial charge >= 0.3 is 0 Å². The summed E-state index contributed by atoms with van der Waals surface area (Å²) in [4.78, 5) is 0. The van der Waals surface area contributed by atoms with E-state index >= 15 is 0 Å². The highest BCUT2D eigenvalue weighted by Gasteiger charge is 2.20. The van der Waals surface area contributed by atoms with E-state index in [0.29, 0.717) is 17.4 Å². The molecular formula is C18H30FN. The van der Waals surface area contributed by atoms with Gasteiger partial charge in [0.2, 0.25) is 0 Å². The van der Waals surface area contributed by atoms with Crippen LogP contribution in [-0.4, -0.2) is 6.54 Å². The van der Waals surface area contributed by atoms with Gasteiger partial charge in [0.15, 0.2) is 0 Å². The zero-order valence-corrected chi connectivity index (χ0v) is 13.7. The normalized spacial score (nSPS) is 15.1. The smallest absolute Gasteiger partial charge is 0.123 e. The van der Waals surface area contributed by atoms with Crippen LogP contribution in [0.4, 0.5) is 4.39 Å². The van der Waals surface area contributed by atoms with Crippen molar-refractivity contribution in [3.8, 4) is 0 Å². The van der Waals surface area contributed by atoms with Gasteiger partial charge in [0.1, 0.15) is 5.82 Å². The lowest BCUT2D eigenvalue weighted by Gasteiger charge is -2.27. The van der Waals surface area contributed by atoms with Crippen LogP contribution in [0.5, 0.6) is 0 Å². The van der Waals surface area contributed by atoms with Crippen molar-refractivity contribution in [2.75, 3.05) is 6.54 Å². The minimum Gasteiger partial charge on any atom is -0.310 e. The average molecular weight is 279 g/mol. The molecular weight excluding hydrogens is 249 g/mol. The van der Waals surface area contributed by atoms with E-state index in [0.717, 1.165) is 19.4 Å². The Balaban J connectivity index is 2.71. The molecule has 0 radical (unpaired) electrons. The van der Waals surface area contributed by atoms with Gasteiger partial charge in [-0.3, -0.25) is 0 Å². The van der Waals surface area contributed by atoms with E-state index in [-0.39, 0.29) is 5.82 Å². The number of nitrogens with one attached hydrogen (secondary N) is 1. The first kappa shape index (κ1) is 17.2. The molecule has 0 amide bonds. The molecule has 1 rings (SSSR count). The van der Waals surface area contributed by atoms with Crippen LogP contribution in [0.3, 0.4) is 0 Å². The molecule has 0 aliphatic heterocycles. The number of rotatable bonds is 7. The fourth-order valence-corrected chi connectivity index (χ4v) is 2.88. The van der Waals surface area contributed by atoms with Crippen molar-refractivity contribution in [1.29, 1.82) is 0 Å². The van der Waals surface area contributed by atoms with Gasteiger partial charge < -0.3 is 5.32 Å². The number of benzene rings is 1. The maximum absolute atomic E-state index is 13.1. The summed E-state index contributed by atoms with van der Waals surface area (Å²) >= 11 is 0. The Morgan fingerprint density at radius 1 is 1.15 bits per heavy atom. The molecule has 2 unspecified atom stereocenters. The van der Waals surface area contributed by atoms with E-state index in [2.05, 4.69) is 39.9 Å². The fraction of sp³-hybridized carbons (Fsp3) is 0.667. The molecule has 0 spiro atoms. The van der Waals surface area contributed by atoms with Crippen LogP contribution in [0.2, 0.25) is 0 Å². The summed E-state index contributed by atoms with van der Waals surface area (Å²) in [7, 11) is 0. The Labute approximate surface area is 124 Å². The lowest BCUT2D eigenvalue weighted by atomic mass is 9.82. The van der Waals surface area contributed by atoms with E-state index in [4.69, 9.17) is 0 Å². The standard InChI is InChI=1S/C18H30FN/c1-6-11-20-17(12-14(2)13-18(3,4)5)15-7-9-16(19)10-8-15/h7-10,14,17,20H,6,11-13H2,1-5H3. The Kier molecular flexibility index (Phi) is 6.67. The number of halogens is 1. The second-order valence-corrected chi connectivity index (χ2v) is 7.16. The molecule has 1 aromatic rings. The van der Waals surface area contributed by atoms with Crippen LogP contribution >= 0.6 is 0 Å². The zero-order chi connectivity index (χ0) is 15.2. The van der Waals surface area contributed by atoms with Crippen molar-refractivity contribution < 1.29 is 4.39 Å². The maximum atomic E-state index is 13.1. The third-order valence-corrected chi connectivity index (χ3v) is 3.51. The van der Waals surface area contributed by atoms with Gasteiger partial charge in [-0.15, -0.1) is 0 Å². The topological polar surface area (TPSA) is 12.0 Å². The Morgan fingerprint density at radius 2 is 1.75 bits per heavy atom. The monoisotopic (exact) mass is 279 g/mol. The predicted molar refractivity (Wildman–Crippen MR) is 85.3 cm³/mol. The van der Waals surface area contributed by atoms with Crippen molar-refractivity contribution in [2.24, 2.45) is 11.3 Å². The molecule has 0 saturated heterocycles. The maximum Gasteiger partial charge on any atom is 0.123 e. The molecule has 1 aromatic carbocycles. The van der Waals surface area contributed by atoms with Crippen LogP contribution < -0.4 is 5.32 Å². The Hall–Kier alpha value is -0.890. The fourth-order valence-electron chi connectivity index (χ4n) is 2.88. The molecule has 1 N–H and O–H groups in total. The van der Waals surface area contributed by atoms with Crippen LogP contribution in [0.15, 0.2) is 24.3 Å². The second-order valence-electron chi connectivity index (χ2n) is 7.16. The minimum absolute atomic E-state index is 0.161. The van der Waals surface area contributed by atoms with Crippen LogP contribution in [-0.2, 0) is 0 Å². The molecule has 20 heavy (non-hydrogen) atoms. The summed E-state index contributed by atoms with van der Waals surface area (Å²) < 4.78 is 13.1. The summed E-state index contributed by atoms with van der Waals surface area (Å²) in [5.74, 6) is 0.486. The lowest BCUT2D eigenvalue weighted by molar-refractivity contribution is 0.275. The van der Waals surface area contributed by atoms with E-state index < -0.39 is 0 Å². The van der Waals surface area contributed by atoms with Crippen LogP contribution in [0.25, 0.3) is 0 Å².